The summed E-state index contributed by atoms with van der Waals surface area (Å²) in [6.07, 6.45) is 0. The first-order chi connectivity index (χ1) is 25.3. The minimum absolute atomic E-state index is 0.914. The highest BCUT2D eigenvalue weighted by molar-refractivity contribution is 6.13. The molecule has 0 aliphatic carbocycles. The van der Waals surface area contributed by atoms with Gasteiger partial charge in [-0.3, -0.25) is 0 Å². The molecule has 51 heavy (non-hydrogen) atoms. The molecule has 0 radical (unpaired) electrons. The van der Waals surface area contributed by atoms with Gasteiger partial charge in [0.05, 0.1) is 22.1 Å². The van der Waals surface area contributed by atoms with E-state index in [1.807, 2.05) is 12.1 Å². The van der Waals surface area contributed by atoms with Gasteiger partial charge in [-0.05, 0) is 101 Å². The first-order valence-corrected chi connectivity index (χ1v) is 17.4. The Kier molecular flexibility index (Phi) is 5.96. The Hall–Kier alpha value is -6.84. The van der Waals surface area contributed by atoms with Gasteiger partial charge in [-0.2, -0.15) is 0 Å². The fourth-order valence-electron chi connectivity index (χ4n) is 8.15. The van der Waals surface area contributed by atoms with Crippen molar-refractivity contribution in [2.75, 3.05) is 0 Å². The van der Waals surface area contributed by atoms with Crippen LogP contribution in [0.3, 0.4) is 0 Å². The summed E-state index contributed by atoms with van der Waals surface area (Å²) < 4.78 is 10.9. The number of rotatable bonds is 4. The average molecular weight is 651 g/mol. The molecule has 11 rings (SSSR count). The van der Waals surface area contributed by atoms with Crippen LogP contribution in [-0.4, -0.2) is 9.13 Å². The number of para-hydroxylation sites is 4. The van der Waals surface area contributed by atoms with E-state index in [1.165, 1.54) is 60.4 Å². The average Bonchev–Trinajstić information content (AvgIpc) is 3.85. The van der Waals surface area contributed by atoms with E-state index in [9.17, 15) is 0 Å². The SMILES string of the molecule is c1ccc(-n2c3ccccc3c3cc(-c4ccc5c(c4)c4ccccc4n5-c4ccc(-c5ccc6c(c5)oc5ccccc56)cc4)ccc32)cc1. The third-order valence-corrected chi connectivity index (χ3v) is 10.5. The molecule has 0 spiro atoms. The Labute approximate surface area is 293 Å². The van der Waals surface area contributed by atoms with Gasteiger partial charge in [-0.1, -0.05) is 103 Å². The lowest BCUT2D eigenvalue weighted by Crippen LogP contribution is -1.94. The van der Waals surface area contributed by atoms with E-state index in [0.29, 0.717) is 0 Å². The van der Waals surface area contributed by atoms with Gasteiger partial charge in [-0.25, -0.2) is 0 Å². The van der Waals surface area contributed by atoms with Crippen LogP contribution in [0.4, 0.5) is 0 Å². The van der Waals surface area contributed by atoms with Crippen LogP contribution in [0.5, 0.6) is 0 Å². The molecule has 0 saturated heterocycles. The molecular formula is C48H30N2O. The molecule has 8 aromatic carbocycles. The van der Waals surface area contributed by atoms with Crippen LogP contribution in [0.2, 0.25) is 0 Å². The zero-order valence-electron chi connectivity index (χ0n) is 27.6. The van der Waals surface area contributed by atoms with E-state index in [0.717, 1.165) is 38.8 Å². The van der Waals surface area contributed by atoms with Gasteiger partial charge in [0.15, 0.2) is 0 Å². The van der Waals surface area contributed by atoms with Crippen LogP contribution < -0.4 is 0 Å². The molecule has 0 aliphatic heterocycles. The smallest absolute Gasteiger partial charge is 0.136 e. The van der Waals surface area contributed by atoms with E-state index in [4.69, 9.17) is 4.42 Å². The quantitative estimate of drug-likeness (QED) is 0.186. The molecule has 238 valence electrons. The first kappa shape index (κ1) is 28.0. The number of hydrogen-bond donors (Lipinski definition) is 0. The van der Waals surface area contributed by atoms with Gasteiger partial charge in [0.2, 0.25) is 0 Å². The molecule has 11 aromatic rings. The summed E-state index contributed by atoms with van der Waals surface area (Å²) >= 11 is 0. The van der Waals surface area contributed by atoms with Gasteiger partial charge in [0, 0.05) is 43.7 Å². The summed E-state index contributed by atoms with van der Waals surface area (Å²) in [4.78, 5) is 0. The number of aromatic nitrogens is 2. The van der Waals surface area contributed by atoms with Crippen LogP contribution in [0.25, 0.3) is 99.2 Å². The maximum absolute atomic E-state index is 6.19. The lowest BCUT2D eigenvalue weighted by molar-refractivity contribution is 0.669. The summed E-state index contributed by atoms with van der Waals surface area (Å²) in [5.74, 6) is 0. The van der Waals surface area contributed by atoms with E-state index in [1.54, 1.807) is 0 Å². The van der Waals surface area contributed by atoms with Crippen LogP contribution in [0.15, 0.2) is 186 Å². The summed E-state index contributed by atoms with van der Waals surface area (Å²) in [5, 5.41) is 7.31. The van der Waals surface area contributed by atoms with Crippen molar-refractivity contribution in [1.82, 2.24) is 9.13 Å². The molecule has 0 amide bonds. The maximum atomic E-state index is 6.19. The minimum atomic E-state index is 0.914. The standard InChI is InChI=1S/C48H30N2O/c1-2-10-35(11-3-1)49-43-15-7-4-12-37(43)41-28-32(21-26-45(41)49)33-22-27-46-42(29-33)38-13-5-8-16-44(38)50(46)36-23-18-31(19-24-36)34-20-25-40-39-14-6-9-17-47(39)51-48(40)30-34/h1-30H. The number of nitrogens with zero attached hydrogens (tertiary/aromatic N) is 2. The minimum Gasteiger partial charge on any atom is -0.456 e. The van der Waals surface area contributed by atoms with Crippen molar-refractivity contribution in [2.24, 2.45) is 0 Å². The molecule has 0 fully saturated rings. The van der Waals surface area contributed by atoms with Crippen LogP contribution in [0, 0.1) is 0 Å². The zero-order valence-corrected chi connectivity index (χ0v) is 27.6. The van der Waals surface area contributed by atoms with Crippen molar-refractivity contribution in [1.29, 1.82) is 0 Å². The summed E-state index contributed by atoms with van der Waals surface area (Å²) in [7, 11) is 0. The predicted octanol–water partition coefficient (Wildman–Crippen LogP) is 13.1. The van der Waals surface area contributed by atoms with Gasteiger partial charge >= 0.3 is 0 Å². The Morgan fingerprint density at radius 2 is 0.725 bits per heavy atom. The fourth-order valence-corrected chi connectivity index (χ4v) is 8.15. The van der Waals surface area contributed by atoms with Crippen molar-refractivity contribution in [2.45, 2.75) is 0 Å². The second-order valence-corrected chi connectivity index (χ2v) is 13.4. The Bertz CT molecular complexity index is 3120. The molecule has 3 nitrogen and oxygen atoms in total. The summed E-state index contributed by atoms with van der Waals surface area (Å²) in [5.41, 5.74) is 13.7. The topological polar surface area (TPSA) is 23.0 Å². The molecule has 0 unspecified atom stereocenters. The Balaban J connectivity index is 1.01. The van der Waals surface area contributed by atoms with Gasteiger partial charge in [-0.15, -0.1) is 0 Å². The monoisotopic (exact) mass is 650 g/mol. The van der Waals surface area contributed by atoms with E-state index < -0.39 is 0 Å². The molecule has 3 heteroatoms. The molecule has 3 aromatic heterocycles. The number of furan rings is 1. The zero-order chi connectivity index (χ0) is 33.5. The van der Waals surface area contributed by atoms with E-state index in [-0.39, 0.29) is 0 Å². The molecular weight excluding hydrogens is 621 g/mol. The lowest BCUT2D eigenvalue weighted by Gasteiger charge is -2.10. The maximum Gasteiger partial charge on any atom is 0.136 e. The second-order valence-electron chi connectivity index (χ2n) is 13.4. The summed E-state index contributed by atoms with van der Waals surface area (Å²) in [6.45, 7) is 0. The number of benzene rings is 8. The Morgan fingerprint density at radius 3 is 1.37 bits per heavy atom. The number of hydrogen-bond acceptors (Lipinski definition) is 1. The highest BCUT2D eigenvalue weighted by Gasteiger charge is 2.16. The lowest BCUT2D eigenvalue weighted by atomic mass is 10.0. The van der Waals surface area contributed by atoms with Crippen LogP contribution in [0.1, 0.15) is 0 Å². The predicted molar refractivity (Wildman–Crippen MR) is 213 cm³/mol. The van der Waals surface area contributed by atoms with Crippen molar-refractivity contribution < 1.29 is 4.42 Å². The second kappa shape index (κ2) is 10.8. The summed E-state index contributed by atoms with van der Waals surface area (Å²) in [6, 6.07) is 65.6. The number of fused-ring (bicyclic) bond motifs is 9. The highest BCUT2D eigenvalue weighted by Crippen LogP contribution is 2.39. The first-order valence-electron chi connectivity index (χ1n) is 17.4. The van der Waals surface area contributed by atoms with E-state index in [2.05, 4.69) is 179 Å². The molecule has 0 N–H and O–H groups in total. The van der Waals surface area contributed by atoms with Crippen molar-refractivity contribution in [3.8, 4) is 33.6 Å². The molecule has 0 aliphatic rings. The largest absolute Gasteiger partial charge is 0.456 e. The Morgan fingerprint density at radius 1 is 0.275 bits per heavy atom. The van der Waals surface area contributed by atoms with Gasteiger partial charge < -0.3 is 13.6 Å². The third-order valence-electron chi connectivity index (χ3n) is 10.5. The molecule has 0 saturated carbocycles. The fraction of sp³-hybridized carbons (Fsp3) is 0. The normalized spacial score (nSPS) is 11.9. The van der Waals surface area contributed by atoms with Crippen molar-refractivity contribution in [3.05, 3.63) is 182 Å². The molecule has 0 bridgehead atoms. The highest BCUT2D eigenvalue weighted by atomic mass is 16.3. The van der Waals surface area contributed by atoms with Gasteiger partial charge in [0.25, 0.3) is 0 Å². The van der Waals surface area contributed by atoms with Crippen LogP contribution >= 0.6 is 0 Å². The molecule has 3 heterocycles. The molecule has 0 atom stereocenters. The van der Waals surface area contributed by atoms with Crippen molar-refractivity contribution >= 4 is 65.6 Å². The van der Waals surface area contributed by atoms with E-state index >= 15 is 0 Å². The van der Waals surface area contributed by atoms with Crippen molar-refractivity contribution in [3.63, 3.8) is 0 Å². The third kappa shape index (κ3) is 4.25. The van der Waals surface area contributed by atoms with Crippen LogP contribution in [-0.2, 0) is 0 Å². The van der Waals surface area contributed by atoms with Gasteiger partial charge in [0.1, 0.15) is 11.2 Å².